The molecule has 0 aromatic heterocycles. The fourth-order valence-corrected chi connectivity index (χ4v) is 8.06. The fourth-order valence-electron chi connectivity index (χ4n) is 4.36. The molecule has 0 radical (unpaired) electrons. The van der Waals surface area contributed by atoms with E-state index in [4.69, 9.17) is 14.2 Å². The number of carbonyl (C=O) groups excluding carboxylic acids is 4. The van der Waals surface area contributed by atoms with Crippen LogP contribution in [0.1, 0.15) is 22.3 Å². The SMILES string of the molecule is COC(=O)C1SC(C2C[C@@H](C(=O)OCc3ccccc3)N(C(=O)c3ccccc3)C2)SC1C(=O)OC. The molecule has 10 heteroatoms. The van der Waals surface area contributed by atoms with Crippen molar-refractivity contribution in [3.63, 3.8) is 0 Å². The number of thioether (sulfide) groups is 2. The van der Waals surface area contributed by atoms with Crippen molar-refractivity contribution in [1.82, 2.24) is 4.90 Å². The second-order valence-corrected chi connectivity index (χ2v) is 11.3. The smallest absolute Gasteiger partial charge is 0.329 e. The lowest BCUT2D eigenvalue weighted by atomic mass is 10.1. The number of likely N-dealkylation sites (tertiary alicyclic amines) is 1. The molecule has 2 fully saturated rings. The van der Waals surface area contributed by atoms with Gasteiger partial charge in [-0.15, -0.1) is 23.5 Å². The monoisotopic (exact) mass is 529 g/mol. The van der Waals surface area contributed by atoms with Crippen molar-refractivity contribution in [1.29, 1.82) is 0 Å². The molecule has 0 aliphatic carbocycles. The van der Waals surface area contributed by atoms with Gasteiger partial charge >= 0.3 is 17.9 Å². The zero-order valence-corrected chi connectivity index (χ0v) is 21.5. The van der Waals surface area contributed by atoms with Crippen molar-refractivity contribution in [2.75, 3.05) is 20.8 Å². The molecule has 2 aromatic rings. The average Bonchev–Trinajstić information content (AvgIpc) is 3.57. The van der Waals surface area contributed by atoms with Crippen molar-refractivity contribution in [3.8, 4) is 0 Å². The van der Waals surface area contributed by atoms with E-state index in [2.05, 4.69) is 0 Å². The number of methoxy groups -OCH3 is 2. The van der Waals surface area contributed by atoms with Crippen molar-refractivity contribution < 1.29 is 33.4 Å². The molecule has 2 heterocycles. The van der Waals surface area contributed by atoms with Crippen LogP contribution in [0.25, 0.3) is 0 Å². The first-order valence-corrected chi connectivity index (χ1v) is 13.3. The molecular formula is C26H27NO7S2. The number of ether oxygens (including phenoxy) is 3. The van der Waals surface area contributed by atoms with E-state index in [-0.39, 0.29) is 23.0 Å². The molecule has 0 saturated carbocycles. The van der Waals surface area contributed by atoms with E-state index in [1.165, 1.54) is 37.7 Å². The molecule has 36 heavy (non-hydrogen) atoms. The van der Waals surface area contributed by atoms with Gasteiger partial charge in [-0.25, -0.2) is 4.79 Å². The summed E-state index contributed by atoms with van der Waals surface area (Å²) in [6.07, 6.45) is 0.360. The molecule has 4 rings (SSSR count). The summed E-state index contributed by atoms with van der Waals surface area (Å²) in [5, 5.41) is -1.44. The predicted octanol–water partition coefficient (Wildman–Crippen LogP) is 3.15. The Bertz CT molecular complexity index is 1070. The zero-order chi connectivity index (χ0) is 25.7. The summed E-state index contributed by atoms with van der Waals surface area (Å²) in [5.74, 6) is -1.89. The first-order chi connectivity index (χ1) is 17.4. The molecule has 2 aliphatic rings. The van der Waals surface area contributed by atoms with Crippen LogP contribution < -0.4 is 0 Å². The van der Waals surface area contributed by atoms with E-state index in [0.717, 1.165) is 5.56 Å². The van der Waals surface area contributed by atoms with Gasteiger partial charge in [0.1, 0.15) is 23.1 Å². The molecule has 4 atom stereocenters. The van der Waals surface area contributed by atoms with Crippen LogP contribution in [0.2, 0.25) is 0 Å². The quantitative estimate of drug-likeness (QED) is 0.396. The van der Waals surface area contributed by atoms with Gasteiger partial charge in [0.2, 0.25) is 0 Å². The highest BCUT2D eigenvalue weighted by molar-refractivity contribution is 8.21. The van der Waals surface area contributed by atoms with Gasteiger partial charge in [0.25, 0.3) is 5.91 Å². The van der Waals surface area contributed by atoms with Crippen LogP contribution >= 0.6 is 23.5 Å². The average molecular weight is 530 g/mol. The Labute approximate surface area is 218 Å². The third-order valence-corrected chi connectivity index (χ3v) is 9.86. The van der Waals surface area contributed by atoms with E-state index in [0.29, 0.717) is 18.5 Å². The van der Waals surface area contributed by atoms with Crippen LogP contribution in [0.3, 0.4) is 0 Å². The highest BCUT2D eigenvalue weighted by Gasteiger charge is 2.52. The molecular weight excluding hydrogens is 502 g/mol. The lowest BCUT2D eigenvalue weighted by molar-refractivity contribution is -0.149. The fraction of sp³-hybridized carbons (Fsp3) is 0.385. The maximum absolute atomic E-state index is 13.4. The van der Waals surface area contributed by atoms with Crippen LogP contribution in [0.4, 0.5) is 0 Å². The van der Waals surface area contributed by atoms with E-state index in [9.17, 15) is 19.2 Å². The van der Waals surface area contributed by atoms with E-state index in [1.54, 1.807) is 29.2 Å². The van der Waals surface area contributed by atoms with E-state index in [1.807, 2.05) is 36.4 Å². The molecule has 1 amide bonds. The highest BCUT2D eigenvalue weighted by Crippen LogP contribution is 2.50. The minimum Gasteiger partial charge on any atom is -0.468 e. The van der Waals surface area contributed by atoms with Gasteiger partial charge in [0.05, 0.1) is 18.8 Å². The van der Waals surface area contributed by atoms with E-state index < -0.39 is 34.4 Å². The Hall–Kier alpha value is -2.98. The lowest BCUT2D eigenvalue weighted by Gasteiger charge is -2.23. The second-order valence-electron chi connectivity index (χ2n) is 8.46. The maximum atomic E-state index is 13.4. The number of hydrogen-bond donors (Lipinski definition) is 0. The topological polar surface area (TPSA) is 99.2 Å². The second kappa shape index (κ2) is 11.8. The first kappa shape index (κ1) is 26.1. The number of carbonyl (C=O) groups is 4. The Morgan fingerprint density at radius 2 is 1.39 bits per heavy atom. The number of amides is 1. The summed E-state index contributed by atoms with van der Waals surface area (Å²) in [4.78, 5) is 52.8. The van der Waals surface area contributed by atoms with Crippen molar-refractivity contribution in [2.24, 2.45) is 5.92 Å². The summed E-state index contributed by atoms with van der Waals surface area (Å²) in [7, 11) is 2.56. The summed E-state index contributed by atoms with van der Waals surface area (Å²) >= 11 is 2.65. The lowest BCUT2D eigenvalue weighted by Crippen LogP contribution is -2.41. The maximum Gasteiger partial charge on any atom is 0.329 e. The largest absolute Gasteiger partial charge is 0.468 e. The third kappa shape index (κ3) is 5.70. The molecule has 2 saturated heterocycles. The summed E-state index contributed by atoms with van der Waals surface area (Å²) in [6.45, 7) is 0.404. The number of benzene rings is 2. The minimum absolute atomic E-state index is 0.107. The molecule has 8 nitrogen and oxygen atoms in total. The van der Waals surface area contributed by atoms with Crippen LogP contribution in [0.15, 0.2) is 60.7 Å². The minimum atomic E-state index is -0.777. The molecule has 3 unspecified atom stereocenters. The van der Waals surface area contributed by atoms with Crippen molar-refractivity contribution in [2.45, 2.75) is 34.2 Å². The Balaban J connectivity index is 1.53. The van der Waals surface area contributed by atoms with Crippen molar-refractivity contribution in [3.05, 3.63) is 71.8 Å². The van der Waals surface area contributed by atoms with Crippen LogP contribution in [0, 0.1) is 5.92 Å². The molecule has 0 bridgehead atoms. The Morgan fingerprint density at radius 1 is 0.833 bits per heavy atom. The Morgan fingerprint density at radius 3 is 1.94 bits per heavy atom. The number of nitrogens with zero attached hydrogens (tertiary/aromatic N) is 1. The predicted molar refractivity (Wildman–Crippen MR) is 136 cm³/mol. The standard InChI is InChI=1S/C26H27NO7S2/c1-32-24(30)20-21(25(31)33-2)36-26(35-20)18-13-19(23(29)34-15-16-9-5-3-6-10-16)27(14-18)22(28)17-11-7-4-8-12-17/h3-12,18-21,26H,13-15H2,1-2H3/t18?,19-,20?,21?,26?/m0/s1. The van der Waals surface area contributed by atoms with Gasteiger partial charge in [0, 0.05) is 18.0 Å². The number of esters is 3. The summed E-state index contributed by atoms with van der Waals surface area (Å²) < 4.78 is 15.2. The highest BCUT2D eigenvalue weighted by atomic mass is 32.2. The normalized spacial score (nSPS) is 25.3. The van der Waals surface area contributed by atoms with Crippen molar-refractivity contribution >= 4 is 47.3 Å². The summed E-state index contributed by atoms with van der Waals surface area (Å²) in [6, 6.07) is 17.3. The molecule has 190 valence electrons. The van der Waals surface area contributed by atoms with E-state index >= 15 is 0 Å². The van der Waals surface area contributed by atoms with Crippen LogP contribution in [-0.4, -0.2) is 70.6 Å². The van der Waals surface area contributed by atoms with Gasteiger partial charge in [-0.05, 0) is 24.1 Å². The number of hydrogen-bond acceptors (Lipinski definition) is 9. The Kier molecular flexibility index (Phi) is 8.58. The first-order valence-electron chi connectivity index (χ1n) is 11.5. The molecule has 0 N–H and O–H groups in total. The van der Waals surface area contributed by atoms with Gasteiger partial charge in [-0.3, -0.25) is 14.4 Å². The van der Waals surface area contributed by atoms with Gasteiger partial charge in [-0.1, -0.05) is 48.5 Å². The molecule has 2 aromatic carbocycles. The molecule has 2 aliphatic heterocycles. The van der Waals surface area contributed by atoms with Gasteiger partial charge in [0.15, 0.2) is 0 Å². The molecule has 0 spiro atoms. The van der Waals surface area contributed by atoms with Gasteiger partial charge < -0.3 is 19.1 Å². The van der Waals surface area contributed by atoms with Gasteiger partial charge in [-0.2, -0.15) is 0 Å². The number of rotatable bonds is 7. The summed E-state index contributed by atoms with van der Waals surface area (Å²) in [5.41, 5.74) is 1.33. The zero-order valence-electron chi connectivity index (χ0n) is 19.9. The van der Waals surface area contributed by atoms with Crippen LogP contribution in [-0.2, 0) is 35.2 Å². The van der Waals surface area contributed by atoms with Crippen LogP contribution in [0.5, 0.6) is 0 Å². The third-order valence-electron chi connectivity index (χ3n) is 6.20.